The van der Waals surface area contributed by atoms with Gasteiger partial charge in [-0.2, -0.15) is 0 Å². The molecule has 1 amide bonds. The Labute approximate surface area is 153 Å². The van der Waals surface area contributed by atoms with E-state index in [1.807, 2.05) is 0 Å². The monoisotopic (exact) mass is 361 g/mol. The third-order valence-corrected chi connectivity index (χ3v) is 5.21. The molecule has 2 aromatic rings. The van der Waals surface area contributed by atoms with Crippen LogP contribution in [-0.2, 0) is 12.8 Å². The Hall–Kier alpha value is -1.51. The lowest BCUT2D eigenvalue weighted by molar-refractivity contribution is 0.0935. The van der Waals surface area contributed by atoms with Crippen LogP contribution < -0.4 is 5.32 Å². The highest BCUT2D eigenvalue weighted by Gasteiger charge is 2.18. The van der Waals surface area contributed by atoms with Crippen molar-refractivity contribution in [2.75, 3.05) is 0 Å². The summed E-state index contributed by atoms with van der Waals surface area (Å²) in [5, 5.41) is 4.00. The molecule has 126 valence electrons. The van der Waals surface area contributed by atoms with Gasteiger partial charge < -0.3 is 5.32 Å². The number of amides is 1. The maximum absolute atomic E-state index is 12.6. The van der Waals surface area contributed by atoms with Crippen LogP contribution >= 0.6 is 23.2 Å². The van der Waals surface area contributed by atoms with Crippen LogP contribution in [0.4, 0.5) is 0 Å². The molecular weight excluding hydrogens is 341 g/mol. The Morgan fingerprint density at radius 3 is 2.54 bits per heavy atom. The molecule has 1 N–H and O–H groups in total. The van der Waals surface area contributed by atoms with Crippen LogP contribution in [-0.4, -0.2) is 5.91 Å². The van der Waals surface area contributed by atoms with E-state index < -0.39 is 0 Å². The van der Waals surface area contributed by atoms with Crippen molar-refractivity contribution in [1.29, 1.82) is 0 Å². The first-order valence-electron chi connectivity index (χ1n) is 8.46. The highest BCUT2D eigenvalue weighted by atomic mass is 35.5. The number of aryl methyl sites for hydroxylation is 2. The molecule has 2 aromatic carbocycles. The van der Waals surface area contributed by atoms with Crippen molar-refractivity contribution in [3.63, 3.8) is 0 Å². The Morgan fingerprint density at radius 1 is 1.08 bits per heavy atom. The summed E-state index contributed by atoms with van der Waals surface area (Å²) in [5.41, 5.74) is 4.50. The van der Waals surface area contributed by atoms with Crippen molar-refractivity contribution in [1.82, 2.24) is 5.32 Å². The van der Waals surface area contributed by atoms with Crippen molar-refractivity contribution in [2.24, 2.45) is 0 Å². The van der Waals surface area contributed by atoms with Crippen LogP contribution in [0.25, 0.3) is 0 Å². The molecule has 0 radical (unpaired) electrons. The predicted octanol–water partition coefficient (Wildman–Crippen LogP) is 5.75. The normalized spacial score (nSPS) is 14.8. The number of carbonyl (C=O) groups excluding carboxylic acids is 1. The summed E-state index contributed by atoms with van der Waals surface area (Å²) in [6.07, 6.45) is 5.65. The summed E-state index contributed by atoms with van der Waals surface area (Å²) in [4.78, 5) is 12.6. The molecule has 0 spiro atoms. The van der Waals surface area contributed by atoms with Crippen molar-refractivity contribution < 1.29 is 4.79 Å². The highest BCUT2D eigenvalue weighted by molar-refractivity contribution is 6.36. The van der Waals surface area contributed by atoms with Crippen LogP contribution in [0.5, 0.6) is 0 Å². The molecule has 1 atom stereocenters. The molecule has 2 nitrogen and oxygen atoms in total. The second-order valence-electron chi connectivity index (χ2n) is 6.29. The summed E-state index contributed by atoms with van der Waals surface area (Å²) >= 11 is 12.0. The topological polar surface area (TPSA) is 29.1 Å². The molecule has 0 heterocycles. The SMILES string of the molecule is CCC(NC(=O)c1ccc(Cl)cc1Cl)c1ccc2c(c1)CCCC2. The van der Waals surface area contributed by atoms with E-state index in [0.717, 1.165) is 18.4 Å². The Morgan fingerprint density at radius 2 is 1.83 bits per heavy atom. The molecule has 24 heavy (non-hydrogen) atoms. The fraction of sp³-hybridized carbons (Fsp3) is 0.350. The fourth-order valence-corrected chi connectivity index (χ4v) is 3.80. The summed E-state index contributed by atoms with van der Waals surface area (Å²) < 4.78 is 0. The van der Waals surface area contributed by atoms with E-state index in [1.165, 1.54) is 30.4 Å². The minimum Gasteiger partial charge on any atom is -0.345 e. The lowest BCUT2D eigenvalue weighted by atomic mass is 9.88. The van der Waals surface area contributed by atoms with Gasteiger partial charge in [0, 0.05) is 5.02 Å². The van der Waals surface area contributed by atoms with Crippen LogP contribution in [0.1, 0.15) is 59.3 Å². The first-order valence-corrected chi connectivity index (χ1v) is 9.21. The van der Waals surface area contributed by atoms with Crippen molar-refractivity contribution >= 4 is 29.1 Å². The predicted molar refractivity (Wildman–Crippen MR) is 100 cm³/mol. The number of halogens is 2. The molecule has 0 bridgehead atoms. The quantitative estimate of drug-likeness (QED) is 0.737. The highest BCUT2D eigenvalue weighted by Crippen LogP contribution is 2.27. The van der Waals surface area contributed by atoms with Crippen molar-refractivity contribution in [2.45, 2.75) is 45.1 Å². The lowest BCUT2D eigenvalue weighted by Crippen LogP contribution is -2.28. The van der Waals surface area contributed by atoms with Crippen LogP contribution in [0.3, 0.4) is 0 Å². The van der Waals surface area contributed by atoms with Crippen molar-refractivity contribution in [3.8, 4) is 0 Å². The Bertz CT molecular complexity index is 757. The number of hydrogen-bond donors (Lipinski definition) is 1. The average molecular weight is 362 g/mol. The minimum atomic E-state index is -0.166. The van der Waals surface area contributed by atoms with E-state index in [-0.39, 0.29) is 11.9 Å². The van der Waals surface area contributed by atoms with Gasteiger partial charge in [-0.05, 0) is 67.0 Å². The van der Waals surface area contributed by atoms with Gasteiger partial charge in [-0.25, -0.2) is 0 Å². The molecule has 0 aliphatic heterocycles. The van der Waals surface area contributed by atoms with Crippen LogP contribution in [0.15, 0.2) is 36.4 Å². The number of carbonyl (C=O) groups is 1. The Balaban J connectivity index is 1.80. The van der Waals surface area contributed by atoms with Crippen LogP contribution in [0.2, 0.25) is 10.0 Å². The second-order valence-corrected chi connectivity index (χ2v) is 7.14. The third-order valence-electron chi connectivity index (χ3n) is 4.66. The van der Waals surface area contributed by atoms with Crippen LogP contribution in [0, 0.1) is 0 Å². The third kappa shape index (κ3) is 3.76. The standard InChI is InChI=1S/C20H21Cl2NO/c1-2-19(15-8-7-13-5-3-4-6-14(13)11-15)23-20(24)17-10-9-16(21)12-18(17)22/h7-12,19H,2-6H2,1H3,(H,23,24). The summed E-state index contributed by atoms with van der Waals surface area (Å²) in [7, 11) is 0. The summed E-state index contributed by atoms with van der Waals surface area (Å²) in [6, 6.07) is 11.5. The fourth-order valence-electron chi connectivity index (χ4n) is 3.30. The molecule has 0 fully saturated rings. The van der Waals surface area contributed by atoms with E-state index in [4.69, 9.17) is 23.2 Å². The molecule has 3 rings (SSSR count). The number of fused-ring (bicyclic) bond motifs is 1. The summed E-state index contributed by atoms with van der Waals surface area (Å²) in [5.74, 6) is -0.166. The van der Waals surface area contributed by atoms with Gasteiger partial charge in [-0.15, -0.1) is 0 Å². The molecule has 4 heteroatoms. The van der Waals surface area contributed by atoms with Gasteiger partial charge in [-0.1, -0.05) is 48.3 Å². The zero-order chi connectivity index (χ0) is 17.1. The van der Waals surface area contributed by atoms with Gasteiger partial charge in [0.25, 0.3) is 5.91 Å². The maximum atomic E-state index is 12.6. The smallest absolute Gasteiger partial charge is 0.253 e. The molecule has 0 saturated carbocycles. The molecule has 0 saturated heterocycles. The van der Waals surface area contributed by atoms with Gasteiger partial charge in [0.05, 0.1) is 16.6 Å². The number of benzene rings is 2. The second kappa shape index (κ2) is 7.58. The van der Waals surface area contributed by atoms with Gasteiger partial charge in [0.15, 0.2) is 0 Å². The van der Waals surface area contributed by atoms with E-state index in [9.17, 15) is 4.79 Å². The molecule has 1 aliphatic carbocycles. The first-order chi connectivity index (χ1) is 11.6. The average Bonchev–Trinajstić information content (AvgIpc) is 2.59. The molecular formula is C20H21Cl2NO. The number of rotatable bonds is 4. The van der Waals surface area contributed by atoms with E-state index >= 15 is 0 Å². The summed E-state index contributed by atoms with van der Waals surface area (Å²) in [6.45, 7) is 2.08. The molecule has 0 aromatic heterocycles. The zero-order valence-electron chi connectivity index (χ0n) is 13.7. The van der Waals surface area contributed by atoms with Gasteiger partial charge in [0.2, 0.25) is 0 Å². The lowest BCUT2D eigenvalue weighted by Gasteiger charge is -2.22. The van der Waals surface area contributed by atoms with Gasteiger partial charge in [0.1, 0.15) is 0 Å². The van der Waals surface area contributed by atoms with Gasteiger partial charge >= 0.3 is 0 Å². The first kappa shape index (κ1) is 17.3. The van der Waals surface area contributed by atoms with E-state index in [0.29, 0.717) is 15.6 Å². The number of hydrogen-bond acceptors (Lipinski definition) is 1. The molecule has 1 unspecified atom stereocenters. The maximum Gasteiger partial charge on any atom is 0.253 e. The van der Waals surface area contributed by atoms with E-state index in [1.54, 1.807) is 18.2 Å². The molecule has 1 aliphatic rings. The van der Waals surface area contributed by atoms with E-state index in [2.05, 4.69) is 30.4 Å². The number of nitrogens with one attached hydrogen (secondary N) is 1. The Kier molecular flexibility index (Phi) is 5.47. The van der Waals surface area contributed by atoms with Crippen molar-refractivity contribution in [3.05, 3.63) is 68.7 Å². The zero-order valence-corrected chi connectivity index (χ0v) is 15.3. The minimum absolute atomic E-state index is 0.0172. The largest absolute Gasteiger partial charge is 0.345 e. The van der Waals surface area contributed by atoms with Gasteiger partial charge in [-0.3, -0.25) is 4.79 Å².